The first-order valence-corrected chi connectivity index (χ1v) is 6.42. The van der Waals surface area contributed by atoms with Crippen LogP contribution in [0.5, 0.6) is 0 Å². The lowest BCUT2D eigenvalue weighted by Crippen LogP contribution is -2.43. The highest BCUT2D eigenvalue weighted by Gasteiger charge is 2.14. The number of benzene rings is 1. The summed E-state index contributed by atoms with van der Waals surface area (Å²) in [6.45, 7) is 8.84. The Morgan fingerprint density at radius 1 is 1.22 bits per heavy atom. The van der Waals surface area contributed by atoms with Gasteiger partial charge in [-0.25, -0.2) is 4.79 Å². The summed E-state index contributed by atoms with van der Waals surface area (Å²) in [6.07, 6.45) is 0. The number of nitrogens with two attached hydrogens (primary N) is 1. The lowest BCUT2D eigenvalue weighted by atomic mass is 10.2. The van der Waals surface area contributed by atoms with Crippen molar-refractivity contribution in [3.05, 3.63) is 30.3 Å². The van der Waals surface area contributed by atoms with Gasteiger partial charge in [-0.2, -0.15) is 0 Å². The van der Waals surface area contributed by atoms with Crippen LogP contribution >= 0.6 is 0 Å². The van der Waals surface area contributed by atoms with E-state index in [9.17, 15) is 4.79 Å². The van der Waals surface area contributed by atoms with Gasteiger partial charge in [-0.1, -0.05) is 25.1 Å². The molecule has 0 aromatic heterocycles. The van der Waals surface area contributed by atoms with Crippen molar-refractivity contribution in [3.8, 4) is 0 Å². The van der Waals surface area contributed by atoms with Crippen LogP contribution in [0.25, 0.3) is 0 Å². The topological polar surface area (TPSA) is 49.6 Å². The zero-order valence-corrected chi connectivity index (χ0v) is 11.5. The van der Waals surface area contributed by atoms with E-state index in [0.29, 0.717) is 12.6 Å². The van der Waals surface area contributed by atoms with Gasteiger partial charge in [0, 0.05) is 24.8 Å². The number of anilines is 1. The van der Waals surface area contributed by atoms with Crippen molar-refractivity contribution in [1.82, 2.24) is 4.90 Å². The molecule has 0 heterocycles. The Kier molecular flexibility index (Phi) is 5.65. The highest BCUT2D eigenvalue weighted by atomic mass is 16.2. The van der Waals surface area contributed by atoms with Crippen LogP contribution in [0.15, 0.2) is 30.3 Å². The van der Waals surface area contributed by atoms with Gasteiger partial charge in [0.1, 0.15) is 0 Å². The van der Waals surface area contributed by atoms with Crippen molar-refractivity contribution in [3.63, 3.8) is 0 Å². The fraction of sp³-hybridized carbons (Fsp3) is 0.500. The molecule has 1 aromatic carbocycles. The summed E-state index contributed by atoms with van der Waals surface area (Å²) in [5, 5.41) is 0. The fourth-order valence-corrected chi connectivity index (χ4v) is 1.98. The number of hydrogen-bond donors (Lipinski definition) is 1. The van der Waals surface area contributed by atoms with Gasteiger partial charge in [0.15, 0.2) is 0 Å². The van der Waals surface area contributed by atoms with E-state index >= 15 is 0 Å². The molecule has 1 aromatic rings. The average Bonchev–Trinajstić information content (AvgIpc) is 2.35. The van der Waals surface area contributed by atoms with E-state index in [-0.39, 0.29) is 0 Å². The molecule has 0 aliphatic carbocycles. The molecule has 4 nitrogen and oxygen atoms in total. The van der Waals surface area contributed by atoms with Crippen molar-refractivity contribution < 1.29 is 4.79 Å². The van der Waals surface area contributed by atoms with Crippen LogP contribution in [0.2, 0.25) is 0 Å². The van der Waals surface area contributed by atoms with Crippen molar-refractivity contribution in [2.75, 3.05) is 24.5 Å². The number of likely N-dealkylation sites (N-methyl/N-ethyl adjacent to an activating group) is 1. The van der Waals surface area contributed by atoms with E-state index < -0.39 is 6.03 Å². The molecule has 0 aliphatic heterocycles. The van der Waals surface area contributed by atoms with Crippen molar-refractivity contribution in [1.29, 1.82) is 0 Å². The minimum Gasteiger partial charge on any atom is -0.351 e. The van der Waals surface area contributed by atoms with Crippen molar-refractivity contribution in [2.24, 2.45) is 5.73 Å². The number of nitrogens with zero attached hydrogens (tertiary/aromatic N) is 2. The van der Waals surface area contributed by atoms with Gasteiger partial charge in [-0.15, -0.1) is 0 Å². The van der Waals surface area contributed by atoms with Gasteiger partial charge in [-0.05, 0) is 32.5 Å². The molecule has 0 aliphatic rings. The molecule has 0 radical (unpaired) electrons. The Morgan fingerprint density at radius 2 is 1.83 bits per heavy atom. The maximum atomic E-state index is 11.5. The molecule has 0 fully saturated rings. The van der Waals surface area contributed by atoms with Crippen LogP contribution in [-0.4, -0.2) is 36.6 Å². The number of rotatable bonds is 6. The first kappa shape index (κ1) is 14.5. The largest absolute Gasteiger partial charge is 0.351 e. The molecule has 0 bridgehead atoms. The van der Waals surface area contributed by atoms with Gasteiger partial charge in [0.05, 0.1) is 0 Å². The molecule has 2 amide bonds. The Balaban J connectivity index is 2.68. The number of amides is 2. The van der Waals surface area contributed by atoms with Gasteiger partial charge in [0.2, 0.25) is 0 Å². The smallest absolute Gasteiger partial charge is 0.319 e. The third-order valence-electron chi connectivity index (χ3n) is 3.08. The highest BCUT2D eigenvalue weighted by Crippen LogP contribution is 2.13. The zero-order chi connectivity index (χ0) is 13.5. The lowest BCUT2D eigenvalue weighted by Gasteiger charge is -2.28. The van der Waals surface area contributed by atoms with Gasteiger partial charge in [-0.3, -0.25) is 9.80 Å². The van der Waals surface area contributed by atoms with E-state index in [4.69, 9.17) is 5.73 Å². The fourth-order valence-electron chi connectivity index (χ4n) is 1.98. The molecule has 4 heteroatoms. The summed E-state index contributed by atoms with van der Waals surface area (Å²) in [6, 6.07) is 9.61. The van der Waals surface area contributed by atoms with Crippen LogP contribution in [0, 0.1) is 0 Å². The Hall–Kier alpha value is -1.55. The van der Waals surface area contributed by atoms with Gasteiger partial charge in [0.25, 0.3) is 0 Å². The van der Waals surface area contributed by atoms with Crippen LogP contribution in [-0.2, 0) is 0 Å². The molecule has 18 heavy (non-hydrogen) atoms. The molecule has 1 rings (SSSR count). The lowest BCUT2D eigenvalue weighted by molar-refractivity contribution is 0.233. The van der Waals surface area contributed by atoms with Crippen LogP contribution < -0.4 is 10.6 Å². The summed E-state index contributed by atoms with van der Waals surface area (Å²) >= 11 is 0. The minimum atomic E-state index is -0.402. The monoisotopic (exact) mass is 249 g/mol. The standard InChI is InChI=1S/C14H23N3O/c1-4-16(12(2)3)10-11-17(14(15)18)13-8-6-5-7-9-13/h5-9,12H,4,10-11H2,1-3H3,(H2,15,18). The Morgan fingerprint density at radius 3 is 2.28 bits per heavy atom. The third-order valence-corrected chi connectivity index (χ3v) is 3.08. The average molecular weight is 249 g/mol. The second-order valence-corrected chi connectivity index (χ2v) is 4.55. The predicted molar refractivity (Wildman–Crippen MR) is 75.8 cm³/mol. The highest BCUT2D eigenvalue weighted by molar-refractivity contribution is 5.90. The molecular formula is C14H23N3O. The first-order valence-electron chi connectivity index (χ1n) is 6.42. The Labute approximate surface area is 109 Å². The van der Waals surface area contributed by atoms with Crippen LogP contribution in [0.4, 0.5) is 10.5 Å². The third kappa shape index (κ3) is 4.04. The second-order valence-electron chi connectivity index (χ2n) is 4.55. The van der Waals surface area contributed by atoms with Crippen LogP contribution in [0.3, 0.4) is 0 Å². The number of urea groups is 1. The quantitative estimate of drug-likeness (QED) is 0.841. The number of primary amides is 1. The molecule has 0 saturated heterocycles. The number of para-hydroxylation sites is 1. The van der Waals surface area contributed by atoms with Gasteiger partial charge >= 0.3 is 6.03 Å². The second kappa shape index (κ2) is 7.01. The minimum absolute atomic E-state index is 0.402. The van der Waals surface area contributed by atoms with E-state index in [0.717, 1.165) is 18.8 Å². The summed E-state index contributed by atoms with van der Waals surface area (Å²) in [5.41, 5.74) is 6.29. The molecule has 2 N–H and O–H groups in total. The Bertz CT molecular complexity index is 365. The molecule has 100 valence electrons. The molecule has 0 spiro atoms. The number of carbonyl (C=O) groups is 1. The van der Waals surface area contributed by atoms with E-state index in [1.54, 1.807) is 4.90 Å². The summed E-state index contributed by atoms with van der Waals surface area (Å²) < 4.78 is 0. The SMILES string of the molecule is CCN(CCN(C(N)=O)c1ccccc1)C(C)C. The van der Waals surface area contributed by atoms with Crippen molar-refractivity contribution >= 4 is 11.7 Å². The van der Waals surface area contributed by atoms with E-state index in [1.807, 2.05) is 30.3 Å². The van der Waals surface area contributed by atoms with Gasteiger partial charge < -0.3 is 5.73 Å². The summed E-state index contributed by atoms with van der Waals surface area (Å²) in [5.74, 6) is 0. The van der Waals surface area contributed by atoms with Crippen LogP contribution in [0.1, 0.15) is 20.8 Å². The van der Waals surface area contributed by atoms with E-state index in [2.05, 4.69) is 25.7 Å². The first-order chi connectivity index (χ1) is 8.56. The molecule has 0 saturated carbocycles. The zero-order valence-electron chi connectivity index (χ0n) is 11.5. The summed E-state index contributed by atoms with van der Waals surface area (Å²) in [7, 11) is 0. The number of carbonyl (C=O) groups excluding carboxylic acids is 1. The molecule has 0 unspecified atom stereocenters. The molecular weight excluding hydrogens is 226 g/mol. The maximum absolute atomic E-state index is 11.5. The maximum Gasteiger partial charge on any atom is 0.319 e. The van der Waals surface area contributed by atoms with Crippen molar-refractivity contribution in [2.45, 2.75) is 26.8 Å². The normalized spacial score (nSPS) is 10.9. The molecule has 0 atom stereocenters. The predicted octanol–water partition coefficient (Wildman–Crippen LogP) is 2.30. The number of hydrogen-bond acceptors (Lipinski definition) is 2. The van der Waals surface area contributed by atoms with E-state index in [1.165, 1.54) is 0 Å². The summed E-state index contributed by atoms with van der Waals surface area (Å²) in [4.78, 5) is 15.4.